The molecular weight excluding hydrogens is 622 g/mol. The van der Waals surface area contributed by atoms with E-state index in [2.05, 4.69) is 25.9 Å². The highest BCUT2D eigenvalue weighted by atomic mass is 16.6. The molecule has 4 N–H and O–H groups in total. The number of amides is 3. The molecular formula is C38H45N5O6. The molecule has 0 saturated carbocycles. The summed E-state index contributed by atoms with van der Waals surface area (Å²) in [5.41, 5.74) is 3.99. The Morgan fingerprint density at radius 1 is 0.735 bits per heavy atom. The van der Waals surface area contributed by atoms with Gasteiger partial charge in [-0.15, -0.1) is 0 Å². The van der Waals surface area contributed by atoms with Crippen LogP contribution in [0.4, 0.5) is 9.59 Å². The zero-order valence-corrected chi connectivity index (χ0v) is 28.1. The molecule has 4 rings (SSSR count). The molecule has 0 bridgehead atoms. The molecule has 258 valence electrons. The highest BCUT2D eigenvalue weighted by Gasteiger charge is 2.31. The molecule has 0 aliphatic carbocycles. The molecule has 2 heterocycles. The smallest absolute Gasteiger partial charge is 0.408 e. The van der Waals surface area contributed by atoms with Gasteiger partial charge in [-0.25, -0.2) is 9.59 Å². The number of aliphatic hydroxyl groups excluding tert-OH is 1. The van der Waals surface area contributed by atoms with E-state index in [-0.39, 0.29) is 25.6 Å². The number of nitrogens with one attached hydrogen (secondary N) is 3. The number of pyridine rings is 2. The highest BCUT2D eigenvalue weighted by Crippen LogP contribution is 2.16. The van der Waals surface area contributed by atoms with Gasteiger partial charge in [-0.1, -0.05) is 86.6 Å². The Labute approximate surface area is 287 Å². The lowest BCUT2D eigenvalue weighted by atomic mass is 9.93. The maximum atomic E-state index is 13.7. The molecule has 49 heavy (non-hydrogen) atoms. The first-order valence-electron chi connectivity index (χ1n) is 16.4. The van der Waals surface area contributed by atoms with Crippen LogP contribution in [0.2, 0.25) is 0 Å². The Morgan fingerprint density at radius 3 is 2.00 bits per heavy atom. The number of hydrogen-bond donors (Lipinski definition) is 4. The Hall–Kier alpha value is -5.29. The van der Waals surface area contributed by atoms with Gasteiger partial charge in [0.15, 0.2) is 0 Å². The summed E-state index contributed by atoms with van der Waals surface area (Å²) in [6, 6.07) is 25.9. The molecule has 0 spiro atoms. The first-order chi connectivity index (χ1) is 23.7. The number of hydrogen-bond acceptors (Lipinski definition) is 8. The van der Waals surface area contributed by atoms with Crippen LogP contribution in [0.25, 0.3) is 0 Å². The summed E-state index contributed by atoms with van der Waals surface area (Å²) in [5.74, 6) is -0.759. The quantitative estimate of drug-likeness (QED) is 0.130. The number of aliphatic hydroxyl groups is 1. The van der Waals surface area contributed by atoms with E-state index in [9.17, 15) is 19.5 Å². The molecule has 11 nitrogen and oxygen atoms in total. The molecule has 4 atom stereocenters. The van der Waals surface area contributed by atoms with Crippen LogP contribution in [0, 0.1) is 12.8 Å². The summed E-state index contributed by atoms with van der Waals surface area (Å²) in [7, 11) is 0. The van der Waals surface area contributed by atoms with Crippen LogP contribution in [-0.2, 0) is 40.3 Å². The van der Waals surface area contributed by atoms with Gasteiger partial charge in [0.1, 0.15) is 19.3 Å². The molecule has 0 aliphatic rings. The molecule has 0 fully saturated rings. The zero-order valence-electron chi connectivity index (χ0n) is 28.1. The third-order valence-electron chi connectivity index (χ3n) is 7.88. The SMILES string of the molecule is Cc1cccc(COC(=O)N[C@H](C(=O)N[C@@H](Cc2ccccc2)[C@@H](O)C[C@H](Cc2ccccc2)NC(=O)OCc2cccnc2)C(C)C)n1. The molecule has 2 aromatic heterocycles. The molecule has 4 aromatic rings. The van der Waals surface area contributed by atoms with Crippen molar-refractivity contribution in [2.45, 2.75) is 77.5 Å². The van der Waals surface area contributed by atoms with Crippen LogP contribution in [0.15, 0.2) is 103 Å². The van der Waals surface area contributed by atoms with Crippen LogP contribution >= 0.6 is 0 Å². The van der Waals surface area contributed by atoms with E-state index in [4.69, 9.17) is 9.47 Å². The number of benzene rings is 2. The van der Waals surface area contributed by atoms with Gasteiger partial charge in [-0.2, -0.15) is 0 Å². The van der Waals surface area contributed by atoms with Gasteiger partial charge in [0.25, 0.3) is 0 Å². The lowest BCUT2D eigenvalue weighted by molar-refractivity contribution is -0.125. The predicted molar refractivity (Wildman–Crippen MR) is 185 cm³/mol. The fourth-order valence-electron chi connectivity index (χ4n) is 5.34. The lowest BCUT2D eigenvalue weighted by Gasteiger charge is -2.30. The number of nitrogens with zero attached hydrogens (tertiary/aromatic N) is 2. The normalized spacial score (nSPS) is 13.4. The van der Waals surface area contributed by atoms with E-state index >= 15 is 0 Å². The second-order valence-corrected chi connectivity index (χ2v) is 12.3. The van der Waals surface area contributed by atoms with Crippen molar-refractivity contribution < 1.29 is 29.0 Å². The van der Waals surface area contributed by atoms with E-state index in [0.717, 1.165) is 22.4 Å². The zero-order chi connectivity index (χ0) is 35.0. The first kappa shape index (κ1) is 36.5. The predicted octanol–water partition coefficient (Wildman–Crippen LogP) is 5.05. The third kappa shape index (κ3) is 12.7. The molecule has 0 saturated heterocycles. The fourth-order valence-corrected chi connectivity index (χ4v) is 5.34. The molecule has 0 aliphatic heterocycles. The third-order valence-corrected chi connectivity index (χ3v) is 7.88. The fraction of sp³-hybridized carbons (Fsp3) is 0.342. The Morgan fingerprint density at radius 2 is 1.37 bits per heavy atom. The second kappa shape index (κ2) is 18.9. The Balaban J connectivity index is 1.46. The average Bonchev–Trinajstić information content (AvgIpc) is 3.09. The van der Waals surface area contributed by atoms with Crippen molar-refractivity contribution >= 4 is 18.1 Å². The van der Waals surface area contributed by atoms with E-state index in [1.54, 1.807) is 24.5 Å². The van der Waals surface area contributed by atoms with E-state index in [0.29, 0.717) is 18.5 Å². The van der Waals surface area contributed by atoms with Crippen LogP contribution in [0.3, 0.4) is 0 Å². The number of ether oxygens (including phenoxy) is 2. The topological polar surface area (TPSA) is 152 Å². The lowest BCUT2D eigenvalue weighted by Crippen LogP contribution is -2.56. The number of aromatic nitrogens is 2. The minimum atomic E-state index is -1.08. The summed E-state index contributed by atoms with van der Waals surface area (Å²) in [5, 5.41) is 20.2. The van der Waals surface area contributed by atoms with Crippen molar-refractivity contribution in [1.29, 1.82) is 0 Å². The van der Waals surface area contributed by atoms with Gasteiger partial charge in [0.2, 0.25) is 5.91 Å². The summed E-state index contributed by atoms with van der Waals surface area (Å²) >= 11 is 0. The van der Waals surface area contributed by atoms with E-state index in [1.165, 1.54) is 0 Å². The van der Waals surface area contributed by atoms with Crippen molar-refractivity contribution in [3.05, 3.63) is 131 Å². The molecule has 0 radical (unpaired) electrons. The summed E-state index contributed by atoms with van der Waals surface area (Å²) in [6.45, 7) is 5.47. The number of carbonyl (C=O) groups excluding carboxylic acids is 3. The summed E-state index contributed by atoms with van der Waals surface area (Å²) < 4.78 is 10.8. The van der Waals surface area contributed by atoms with Crippen LogP contribution < -0.4 is 16.0 Å². The van der Waals surface area contributed by atoms with E-state index < -0.39 is 42.3 Å². The number of rotatable bonds is 16. The van der Waals surface area contributed by atoms with Gasteiger partial charge in [0, 0.05) is 29.7 Å². The average molecular weight is 668 g/mol. The standard InChI is InChI=1S/C38H45N5O6/c1-26(2)35(43-38(47)49-25-31-18-10-12-27(3)40-31)36(45)42-33(21-29-15-8-5-9-16-29)34(44)22-32(20-28-13-6-4-7-14-28)41-37(46)48-24-30-17-11-19-39-23-30/h4-19,23,26,32-35,44H,20-22,24-25H2,1-3H3,(H,41,46)(H,42,45)(H,43,47)/t32-,33-,34-,35-/m0/s1. The van der Waals surface area contributed by atoms with Crippen molar-refractivity contribution in [2.75, 3.05) is 0 Å². The molecule has 0 unspecified atom stereocenters. The highest BCUT2D eigenvalue weighted by molar-refractivity contribution is 5.86. The van der Waals surface area contributed by atoms with Gasteiger partial charge >= 0.3 is 12.2 Å². The largest absolute Gasteiger partial charge is 0.445 e. The molecule has 3 amide bonds. The van der Waals surface area contributed by atoms with Gasteiger partial charge in [-0.3, -0.25) is 14.8 Å². The van der Waals surface area contributed by atoms with E-state index in [1.807, 2.05) is 99.6 Å². The first-order valence-corrected chi connectivity index (χ1v) is 16.4. The minimum Gasteiger partial charge on any atom is -0.445 e. The number of carbonyl (C=O) groups is 3. The van der Waals surface area contributed by atoms with Gasteiger partial charge in [0.05, 0.1) is 17.8 Å². The maximum Gasteiger partial charge on any atom is 0.408 e. The Bertz CT molecular complexity index is 1610. The van der Waals surface area contributed by atoms with Crippen LogP contribution in [0.1, 0.15) is 48.3 Å². The number of aryl methyl sites for hydroxylation is 1. The van der Waals surface area contributed by atoms with Gasteiger partial charge in [-0.05, 0) is 61.4 Å². The minimum absolute atomic E-state index is 0.0422. The van der Waals surface area contributed by atoms with Crippen LogP contribution in [-0.4, -0.2) is 57.4 Å². The van der Waals surface area contributed by atoms with Crippen LogP contribution in [0.5, 0.6) is 0 Å². The van der Waals surface area contributed by atoms with Crippen molar-refractivity contribution in [1.82, 2.24) is 25.9 Å². The van der Waals surface area contributed by atoms with Gasteiger partial charge < -0.3 is 30.5 Å². The number of alkyl carbamates (subject to hydrolysis) is 2. The molecule has 2 aromatic carbocycles. The second-order valence-electron chi connectivity index (χ2n) is 12.3. The van der Waals surface area contributed by atoms with Crippen molar-refractivity contribution in [2.24, 2.45) is 5.92 Å². The molecule has 11 heteroatoms. The Kier molecular flexibility index (Phi) is 14.1. The monoisotopic (exact) mass is 667 g/mol. The van der Waals surface area contributed by atoms with Crippen molar-refractivity contribution in [3.8, 4) is 0 Å². The van der Waals surface area contributed by atoms with Crippen molar-refractivity contribution in [3.63, 3.8) is 0 Å². The maximum absolute atomic E-state index is 13.7. The summed E-state index contributed by atoms with van der Waals surface area (Å²) in [6.07, 6.45) is 1.63. The summed E-state index contributed by atoms with van der Waals surface area (Å²) in [4.78, 5) is 47.8.